The number of fused-ring (bicyclic) bond motifs is 1. The molecule has 7 aliphatic rings. The molecule has 4 saturated heterocycles. The molecule has 7 fully saturated rings. The summed E-state index contributed by atoms with van der Waals surface area (Å²) in [6, 6.07) is 17.1. The van der Waals surface area contributed by atoms with Crippen LogP contribution < -0.4 is 0 Å². The summed E-state index contributed by atoms with van der Waals surface area (Å²) in [4.78, 5) is 40.6. The van der Waals surface area contributed by atoms with Gasteiger partial charge in [0.05, 0.1) is 22.6 Å². The number of hydrogen-bond donors (Lipinski definition) is 1. The van der Waals surface area contributed by atoms with Gasteiger partial charge in [0.2, 0.25) is 0 Å². The number of rotatable bonds is 6. The highest BCUT2D eigenvalue weighted by molar-refractivity contribution is 5.90. The van der Waals surface area contributed by atoms with Crippen LogP contribution in [0, 0.1) is 23.7 Å². The van der Waals surface area contributed by atoms with Gasteiger partial charge >= 0.3 is 17.9 Å². The van der Waals surface area contributed by atoms with Crippen LogP contribution in [0.2, 0.25) is 0 Å². The lowest BCUT2D eigenvalue weighted by atomic mass is 9.53. The number of carbonyl (C=O) groups excluding carboxylic acids is 3. The lowest BCUT2D eigenvalue weighted by Gasteiger charge is -2.62. The molecule has 0 radical (unpaired) electrons. The van der Waals surface area contributed by atoms with E-state index in [1.54, 1.807) is 74.5 Å². The minimum Gasteiger partial charge on any atom is -0.456 e. The molecular weight excluding hydrogens is 632 g/mol. The van der Waals surface area contributed by atoms with E-state index in [9.17, 15) is 19.5 Å². The minimum absolute atomic E-state index is 0.289. The van der Waals surface area contributed by atoms with Crippen molar-refractivity contribution in [2.75, 3.05) is 0 Å². The molecule has 2 aromatic carbocycles. The van der Waals surface area contributed by atoms with Crippen LogP contribution in [0.3, 0.4) is 0 Å². The molecule has 0 aromatic heterocycles. The fourth-order valence-electron chi connectivity index (χ4n) is 10.5. The van der Waals surface area contributed by atoms with Crippen LogP contribution in [-0.4, -0.2) is 81.9 Å². The van der Waals surface area contributed by atoms with E-state index >= 15 is 0 Å². The van der Waals surface area contributed by atoms with Gasteiger partial charge in [-0.2, -0.15) is 0 Å². The van der Waals surface area contributed by atoms with Crippen molar-refractivity contribution in [1.82, 2.24) is 0 Å². The normalized spacial score (nSPS) is 46.8. The van der Waals surface area contributed by atoms with Crippen molar-refractivity contribution in [2.24, 2.45) is 23.7 Å². The average Bonchev–Trinajstić information content (AvgIpc) is 3.65. The average molecular weight is 675 g/mol. The van der Waals surface area contributed by atoms with E-state index < -0.39 is 94.6 Å². The molecule has 1 N–H and O–H groups in total. The van der Waals surface area contributed by atoms with Gasteiger partial charge in [-0.3, -0.25) is 4.79 Å². The Morgan fingerprint density at radius 3 is 1.92 bits per heavy atom. The zero-order chi connectivity index (χ0) is 34.9. The summed E-state index contributed by atoms with van der Waals surface area (Å²) in [5, 5.41) is 13.6. The van der Waals surface area contributed by atoms with Gasteiger partial charge in [0, 0.05) is 25.7 Å². The molecule has 0 amide bonds. The zero-order valence-electron chi connectivity index (χ0n) is 28.4. The highest BCUT2D eigenvalue weighted by atomic mass is 16.9. The van der Waals surface area contributed by atoms with Gasteiger partial charge in [-0.05, 0) is 56.0 Å². The maximum atomic E-state index is 14.0. The van der Waals surface area contributed by atoms with Crippen molar-refractivity contribution in [1.29, 1.82) is 0 Å². The molecule has 49 heavy (non-hydrogen) atoms. The van der Waals surface area contributed by atoms with Gasteiger partial charge in [-0.25, -0.2) is 9.59 Å². The second-order valence-corrected chi connectivity index (χ2v) is 15.1. The lowest BCUT2D eigenvalue weighted by molar-refractivity contribution is -0.389. The number of benzene rings is 2. The molecule has 260 valence electrons. The van der Waals surface area contributed by atoms with Crippen LogP contribution in [0.5, 0.6) is 0 Å². The van der Waals surface area contributed by atoms with E-state index in [0.29, 0.717) is 17.6 Å². The van der Waals surface area contributed by atoms with Crippen LogP contribution >= 0.6 is 0 Å². The molecule has 4 bridgehead atoms. The Morgan fingerprint density at radius 1 is 0.816 bits per heavy atom. The van der Waals surface area contributed by atoms with Crippen LogP contribution in [0.4, 0.5) is 0 Å². The van der Waals surface area contributed by atoms with E-state index in [1.165, 1.54) is 6.92 Å². The van der Waals surface area contributed by atoms with Crippen LogP contribution in [0.15, 0.2) is 72.8 Å². The predicted molar refractivity (Wildman–Crippen MR) is 171 cm³/mol. The molecule has 4 heterocycles. The van der Waals surface area contributed by atoms with Crippen molar-refractivity contribution in [3.05, 3.63) is 83.9 Å². The number of hydrogen-bond acceptors (Lipinski definition) is 11. The molecule has 4 aliphatic heterocycles. The summed E-state index contributed by atoms with van der Waals surface area (Å²) >= 11 is 0. The van der Waals surface area contributed by atoms with Crippen molar-refractivity contribution >= 4 is 17.9 Å². The van der Waals surface area contributed by atoms with E-state index in [1.807, 2.05) is 20.8 Å². The molecule has 3 aliphatic carbocycles. The van der Waals surface area contributed by atoms with E-state index in [4.69, 9.17) is 33.2 Å². The van der Waals surface area contributed by atoms with Gasteiger partial charge in [0.15, 0.2) is 11.7 Å². The third-order valence-electron chi connectivity index (χ3n) is 12.3. The number of esters is 3. The molecular formula is C38H42O11. The highest BCUT2D eigenvalue weighted by Gasteiger charge is 2.90. The molecule has 14 atom stereocenters. The number of ether oxygens (including phenoxy) is 7. The molecule has 11 heteroatoms. The first-order valence-corrected chi connectivity index (χ1v) is 17.0. The Bertz CT molecular complexity index is 1730. The summed E-state index contributed by atoms with van der Waals surface area (Å²) in [5.74, 6) is -6.05. The number of carbonyl (C=O) groups is 3. The molecule has 2 unspecified atom stereocenters. The summed E-state index contributed by atoms with van der Waals surface area (Å²) in [5.41, 5.74) is -4.68. The zero-order valence-corrected chi connectivity index (χ0v) is 28.4. The molecule has 9 rings (SSSR count). The van der Waals surface area contributed by atoms with Gasteiger partial charge in [-0.1, -0.05) is 56.8 Å². The Hall–Kier alpha value is -3.61. The van der Waals surface area contributed by atoms with Gasteiger partial charge in [-0.15, -0.1) is 0 Å². The van der Waals surface area contributed by atoms with Crippen molar-refractivity contribution in [2.45, 2.75) is 107 Å². The first-order chi connectivity index (χ1) is 23.1. The topological polar surface area (TPSA) is 136 Å². The quantitative estimate of drug-likeness (QED) is 0.266. The van der Waals surface area contributed by atoms with Crippen molar-refractivity contribution in [3.63, 3.8) is 0 Å². The minimum atomic E-state index is -1.74. The summed E-state index contributed by atoms with van der Waals surface area (Å²) in [6.07, 6.45) is -4.54. The standard InChI is InChI=1S/C38H42O11/c1-19(2)37-28-21(4)36(42)25-18-20(3)27(44-31(40)23-14-10-8-11-15-23)38(25)33(43-22(5)39)34(6,48-38)29(45-32(41)24-16-12-9-13-17-24)26(36)30(37)47-35(7,46-28)49-37/h8-17,20-21,25-30,33,42H,1,18H2,2-7H3/t20-,21+,25-,26-,27-,28-,29-,30+,33+,34?,35?,36-,37-,38+/m0/s1. The third-order valence-corrected chi connectivity index (χ3v) is 12.3. The van der Waals surface area contributed by atoms with E-state index in [-0.39, 0.29) is 11.5 Å². The fourth-order valence-corrected chi connectivity index (χ4v) is 10.5. The monoisotopic (exact) mass is 674 g/mol. The largest absolute Gasteiger partial charge is 0.456 e. The van der Waals surface area contributed by atoms with Crippen LogP contribution in [-0.2, 0) is 38.0 Å². The number of aliphatic hydroxyl groups is 1. The van der Waals surface area contributed by atoms with Crippen LogP contribution in [0.1, 0.15) is 68.7 Å². The second kappa shape index (κ2) is 10.5. The first-order valence-electron chi connectivity index (χ1n) is 17.0. The lowest BCUT2D eigenvalue weighted by Crippen LogP contribution is -2.80. The Labute approximate surface area is 284 Å². The molecule has 11 nitrogen and oxygen atoms in total. The fraction of sp³-hybridized carbons (Fsp3) is 0.553. The first kappa shape index (κ1) is 32.6. The maximum absolute atomic E-state index is 14.0. The highest BCUT2D eigenvalue weighted by Crippen LogP contribution is 2.73. The smallest absolute Gasteiger partial charge is 0.338 e. The maximum Gasteiger partial charge on any atom is 0.338 e. The molecule has 3 saturated carbocycles. The summed E-state index contributed by atoms with van der Waals surface area (Å²) < 4.78 is 45.6. The molecule has 2 aromatic rings. The van der Waals surface area contributed by atoms with Gasteiger partial charge in [0.1, 0.15) is 35.6 Å². The van der Waals surface area contributed by atoms with Gasteiger partial charge < -0.3 is 38.3 Å². The molecule has 1 spiro atoms. The van der Waals surface area contributed by atoms with Crippen LogP contribution in [0.25, 0.3) is 0 Å². The van der Waals surface area contributed by atoms with E-state index in [2.05, 4.69) is 6.58 Å². The van der Waals surface area contributed by atoms with Gasteiger partial charge in [0.25, 0.3) is 5.97 Å². The SMILES string of the molecule is C=C(C)[C@@]12OC3(C)O[C@@H]1[C@@H]1[C@H](OC(=O)c4ccccc4)C4(C)O[C@@]5([C@@H]4OC(C)=O)[C@@H](OC(=O)c4ccccc4)[C@@H](C)C[C@H]5[C@@]1(O)[C@H](C)[C@@H]2O3. The Balaban J connectivity index is 1.33. The second-order valence-electron chi connectivity index (χ2n) is 15.1. The summed E-state index contributed by atoms with van der Waals surface area (Å²) in [6.45, 7) is 14.6. The van der Waals surface area contributed by atoms with Crippen molar-refractivity contribution in [3.8, 4) is 0 Å². The third kappa shape index (κ3) is 4.05. The Morgan fingerprint density at radius 2 is 1.37 bits per heavy atom. The summed E-state index contributed by atoms with van der Waals surface area (Å²) in [7, 11) is 0. The Kier molecular flexibility index (Phi) is 6.96. The predicted octanol–water partition coefficient (Wildman–Crippen LogP) is 4.37. The van der Waals surface area contributed by atoms with Crippen molar-refractivity contribution < 1.29 is 52.6 Å². The van der Waals surface area contributed by atoms with E-state index in [0.717, 1.165) is 0 Å².